The van der Waals surface area contributed by atoms with E-state index in [0.29, 0.717) is 19.8 Å². The first-order valence-electron chi connectivity index (χ1n) is 8.16. The SMILES string of the molecule is CCC(NC(=O)CNCC1CC1)c1ccc2c(c1)OCCO2. The molecule has 1 unspecified atom stereocenters. The normalized spacial score (nSPS) is 17.9. The highest BCUT2D eigenvalue weighted by atomic mass is 16.6. The number of amides is 1. The van der Waals surface area contributed by atoms with E-state index in [4.69, 9.17) is 9.47 Å². The summed E-state index contributed by atoms with van der Waals surface area (Å²) in [5.74, 6) is 2.38. The maximum Gasteiger partial charge on any atom is 0.234 e. The zero-order valence-corrected chi connectivity index (χ0v) is 13.1. The van der Waals surface area contributed by atoms with E-state index in [9.17, 15) is 4.79 Å². The summed E-state index contributed by atoms with van der Waals surface area (Å²) in [5.41, 5.74) is 1.06. The molecule has 3 rings (SSSR count). The summed E-state index contributed by atoms with van der Waals surface area (Å²) >= 11 is 0. The fourth-order valence-electron chi connectivity index (χ4n) is 2.65. The van der Waals surface area contributed by atoms with Gasteiger partial charge in [-0.3, -0.25) is 4.79 Å². The summed E-state index contributed by atoms with van der Waals surface area (Å²) in [4.78, 5) is 12.0. The third-order valence-electron chi connectivity index (χ3n) is 4.13. The van der Waals surface area contributed by atoms with Crippen LogP contribution in [0.3, 0.4) is 0 Å². The van der Waals surface area contributed by atoms with Crippen LogP contribution in [0.4, 0.5) is 0 Å². The highest BCUT2D eigenvalue weighted by Gasteiger charge is 2.21. The van der Waals surface area contributed by atoms with Crippen molar-refractivity contribution < 1.29 is 14.3 Å². The van der Waals surface area contributed by atoms with E-state index >= 15 is 0 Å². The molecule has 0 radical (unpaired) electrons. The number of carbonyl (C=O) groups excluding carboxylic acids is 1. The minimum absolute atomic E-state index is 0.00560. The summed E-state index contributed by atoms with van der Waals surface area (Å²) in [6.45, 7) is 4.57. The molecular formula is C17H24N2O3. The summed E-state index contributed by atoms with van der Waals surface area (Å²) in [5, 5.41) is 6.31. The lowest BCUT2D eigenvalue weighted by molar-refractivity contribution is -0.121. The Hall–Kier alpha value is -1.75. The zero-order chi connectivity index (χ0) is 15.4. The minimum Gasteiger partial charge on any atom is -0.486 e. The second-order valence-electron chi connectivity index (χ2n) is 6.01. The maximum absolute atomic E-state index is 12.0. The van der Waals surface area contributed by atoms with Crippen LogP contribution in [-0.2, 0) is 4.79 Å². The molecule has 0 spiro atoms. The molecule has 5 heteroatoms. The van der Waals surface area contributed by atoms with Crippen molar-refractivity contribution in [2.45, 2.75) is 32.2 Å². The molecule has 5 nitrogen and oxygen atoms in total. The Bertz CT molecular complexity index is 529. The molecular weight excluding hydrogens is 280 g/mol. The second-order valence-corrected chi connectivity index (χ2v) is 6.01. The lowest BCUT2D eigenvalue weighted by Gasteiger charge is -2.22. The van der Waals surface area contributed by atoms with E-state index in [1.165, 1.54) is 12.8 Å². The van der Waals surface area contributed by atoms with Crippen molar-refractivity contribution in [2.75, 3.05) is 26.3 Å². The molecule has 1 amide bonds. The molecule has 22 heavy (non-hydrogen) atoms. The number of ether oxygens (including phenoxy) is 2. The lowest BCUT2D eigenvalue weighted by Crippen LogP contribution is -2.36. The predicted molar refractivity (Wildman–Crippen MR) is 84.2 cm³/mol. The fraction of sp³-hybridized carbons (Fsp3) is 0.588. The number of carbonyl (C=O) groups is 1. The van der Waals surface area contributed by atoms with Gasteiger partial charge in [-0.25, -0.2) is 0 Å². The predicted octanol–water partition coefficient (Wildman–Crippen LogP) is 2.02. The van der Waals surface area contributed by atoms with Gasteiger partial charge in [0.1, 0.15) is 13.2 Å². The zero-order valence-electron chi connectivity index (χ0n) is 13.1. The van der Waals surface area contributed by atoms with E-state index in [0.717, 1.165) is 35.9 Å². The van der Waals surface area contributed by atoms with Gasteiger partial charge in [0.15, 0.2) is 11.5 Å². The van der Waals surface area contributed by atoms with Crippen LogP contribution >= 0.6 is 0 Å². The fourth-order valence-corrected chi connectivity index (χ4v) is 2.65. The smallest absolute Gasteiger partial charge is 0.234 e. The molecule has 1 aliphatic carbocycles. The molecule has 0 bridgehead atoms. The molecule has 2 N–H and O–H groups in total. The van der Waals surface area contributed by atoms with Gasteiger partial charge < -0.3 is 20.1 Å². The highest BCUT2D eigenvalue weighted by molar-refractivity contribution is 5.78. The van der Waals surface area contributed by atoms with Crippen molar-refractivity contribution in [1.29, 1.82) is 0 Å². The maximum atomic E-state index is 12.0. The number of nitrogens with one attached hydrogen (secondary N) is 2. The third kappa shape index (κ3) is 3.91. The van der Waals surface area contributed by atoms with Crippen LogP contribution in [-0.4, -0.2) is 32.2 Å². The molecule has 1 heterocycles. The summed E-state index contributed by atoms with van der Waals surface area (Å²) in [7, 11) is 0. The lowest BCUT2D eigenvalue weighted by atomic mass is 10.0. The number of rotatable bonds is 7. The van der Waals surface area contributed by atoms with Crippen LogP contribution in [0.1, 0.15) is 37.8 Å². The van der Waals surface area contributed by atoms with E-state index in [1.807, 2.05) is 18.2 Å². The Morgan fingerprint density at radius 2 is 2.05 bits per heavy atom. The molecule has 0 aromatic heterocycles. The van der Waals surface area contributed by atoms with Crippen molar-refractivity contribution in [1.82, 2.24) is 10.6 Å². The number of hydrogen-bond donors (Lipinski definition) is 2. The summed E-state index contributed by atoms with van der Waals surface area (Å²) < 4.78 is 11.1. The molecule has 2 aliphatic rings. The molecule has 1 aromatic carbocycles. The van der Waals surface area contributed by atoms with Gasteiger partial charge in [0.25, 0.3) is 0 Å². The Balaban J connectivity index is 1.56. The molecule has 1 aliphatic heterocycles. The Kier molecular flexibility index (Phi) is 4.83. The quantitative estimate of drug-likeness (QED) is 0.809. The molecule has 1 saturated carbocycles. The number of hydrogen-bond acceptors (Lipinski definition) is 4. The van der Waals surface area contributed by atoms with Crippen LogP contribution in [0.15, 0.2) is 18.2 Å². The monoisotopic (exact) mass is 304 g/mol. The molecule has 1 aromatic rings. The van der Waals surface area contributed by atoms with E-state index < -0.39 is 0 Å². The molecule has 1 fully saturated rings. The highest BCUT2D eigenvalue weighted by Crippen LogP contribution is 2.33. The van der Waals surface area contributed by atoms with Gasteiger partial charge in [0, 0.05) is 0 Å². The summed E-state index contributed by atoms with van der Waals surface area (Å²) in [6.07, 6.45) is 3.43. The Labute approximate surface area is 131 Å². The average molecular weight is 304 g/mol. The third-order valence-corrected chi connectivity index (χ3v) is 4.13. The van der Waals surface area contributed by atoms with Crippen LogP contribution in [0.5, 0.6) is 11.5 Å². The van der Waals surface area contributed by atoms with Crippen LogP contribution in [0, 0.1) is 5.92 Å². The van der Waals surface area contributed by atoms with Crippen molar-refractivity contribution in [3.05, 3.63) is 23.8 Å². The first kappa shape index (κ1) is 15.2. The van der Waals surface area contributed by atoms with Crippen molar-refractivity contribution >= 4 is 5.91 Å². The van der Waals surface area contributed by atoms with Crippen LogP contribution < -0.4 is 20.1 Å². The first-order chi connectivity index (χ1) is 10.8. The van der Waals surface area contributed by atoms with E-state index in [-0.39, 0.29) is 11.9 Å². The average Bonchev–Trinajstić information content (AvgIpc) is 3.36. The van der Waals surface area contributed by atoms with Gasteiger partial charge in [-0.15, -0.1) is 0 Å². The van der Waals surface area contributed by atoms with Crippen LogP contribution in [0.2, 0.25) is 0 Å². The van der Waals surface area contributed by atoms with Crippen molar-refractivity contribution in [2.24, 2.45) is 5.92 Å². The Morgan fingerprint density at radius 1 is 1.27 bits per heavy atom. The topological polar surface area (TPSA) is 59.6 Å². The largest absolute Gasteiger partial charge is 0.486 e. The van der Waals surface area contributed by atoms with Crippen molar-refractivity contribution in [3.8, 4) is 11.5 Å². The minimum atomic E-state index is 0.00560. The molecule has 120 valence electrons. The van der Waals surface area contributed by atoms with Gasteiger partial charge in [0.05, 0.1) is 12.6 Å². The summed E-state index contributed by atoms with van der Waals surface area (Å²) in [6, 6.07) is 5.90. The number of fused-ring (bicyclic) bond motifs is 1. The number of benzene rings is 1. The standard InChI is InChI=1S/C17H24N2O3/c1-2-14(19-17(20)11-18-10-12-3-4-12)13-5-6-15-16(9-13)22-8-7-21-15/h5-6,9,12,14,18H,2-4,7-8,10-11H2,1H3,(H,19,20). The second kappa shape index (κ2) is 7.01. The van der Waals surface area contributed by atoms with Gasteiger partial charge >= 0.3 is 0 Å². The van der Waals surface area contributed by atoms with Gasteiger partial charge in [-0.05, 0) is 49.4 Å². The van der Waals surface area contributed by atoms with E-state index in [2.05, 4.69) is 17.6 Å². The molecule has 0 saturated heterocycles. The van der Waals surface area contributed by atoms with E-state index in [1.54, 1.807) is 0 Å². The van der Waals surface area contributed by atoms with Crippen LogP contribution in [0.25, 0.3) is 0 Å². The first-order valence-corrected chi connectivity index (χ1v) is 8.16. The Morgan fingerprint density at radius 3 is 2.77 bits per heavy atom. The van der Waals surface area contributed by atoms with Gasteiger partial charge in [-0.1, -0.05) is 13.0 Å². The molecule has 1 atom stereocenters. The van der Waals surface area contributed by atoms with Gasteiger partial charge in [-0.2, -0.15) is 0 Å². The van der Waals surface area contributed by atoms with Crippen molar-refractivity contribution in [3.63, 3.8) is 0 Å². The van der Waals surface area contributed by atoms with Gasteiger partial charge in [0.2, 0.25) is 5.91 Å².